The zero-order valence-electron chi connectivity index (χ0n) is 10.8. The lowest BCUT2D eigenvalue weighted by atomic mass is 10.00. The fourth-order valence-electron chi connectivity index (χ4n) is 1.77. The summed E-state index contributed by atoms with van der Waals surface area (Å²) in [7, 11) is 0. The highest BCUT2D eigenvalue weighted by atomic mass is 35.5. The van der Waals surface area contributed by atoms with Crippen molar-refractivity contribution in [1.82, 2.24) is 0 Å². The Morgan fingerprint density at radius 3 is 2.53 bits per heavy atom. The lowest BCUT2D eigenvalue weighted by molar-refractivity contribution is 0.463. The summed E-state index contributed by atoms with van der Waals surface area (Å²) in [5.41, 5.74) is 1.12. The Morgan fingerprint density at radius 2 is 1.94 bits per heavy atom. The Kier molecular flexibility index (Phi) is 6.95. The second kappa shape index (κ2) is 8.30. The van der Waals surface area contributed by atoms with E-state index in [0.29, 0.717) is 0 Å². The third kappa shape index (κ3) is 5.88. The molecule has 2 heteroatoms. The molecule has 0 saturated heterocycles. The first-order valence-electron chi connectivity index (χ1n) is 6.51. The Hall–Kier alpha value is -0.820. The predicted octanol–water partition coefficient (Wildman–Crippen LogP) is 4.98. The van der Waals surface area contributed by atoms with Gasteiger partial charge in [0, 0.05) is 17.8 Å². The molecule has 1 aromatic carbocycles. The summed E-state index contributed by atoms with van der Waals surface area (Å²) in [4.78, 5) is 4.53. The molecule has 0 aliphatic heterocycles. The van der Waals surface area contributed by atoms with E-state index in [1.165, 1.54) is 25.7 Å². The van der Waals surface area contributed by atoms with E-state index in [0.717, 1.165) is 23.0 Å². The first-order valence-corrected chi connectivity index (χ1v) is 6.89. The predicted molar refractivity (Wildman–Crippen MR) is 77.2 cm³/mol. The van der Waals surface area contributed by atoms with E-state index >= 15 is 0 Å². The van der Waals surface area contributed by atoms with Crippen LogP contribution in [0.1, 0.15) is 45.1 Å². The lowest BCUT2D eigenvalue weighted by Crippen LogP contribution is -2.03. The van der Waals surface area contributed by atoms with Crippen molar-refractivity contribution in [1.29, 1.82) is 0 Å². The number of rotatable bonds is 7. The molecule has 17 heavy (non-hydrogen) atoms. The van der Waals surface area contributed by atoms with Gasteiger partial charge < -0.3 is 0 Å². The van der Waals surface area contributed by atoms with Crippen molar-refractivity contribution in [3.63, 3.8) is 0 Å². The van der Waals surface area contributed by atoms with Gasteiger partial charge in [-0.05, 0) is 30.0 Å². The maximum absolute atomic E-state index is 5.83. The van der Waals surface area contributed by atoms with Gasteiger partial charge in [0.1, 0.15) is 0 Å². The second-order valence-corrected chi connectivity index (χ2v) is 4.90. The van der Waals surface area contributed by atoms with Crippen LogP contribution in [0.4, 0.5) is 0 Å². The van der Waals surface area contributed by atoms with Gasteiger partial charge in [0.25, 0.3) is 0 Å². The summed E-state index contributed by atoms with van der Waals surface area (Å²) >= 11 is 5.83. The first-order chi connectivity index (χ1) is 8.26. The highest BCUT2D eigenvalue weighted by molar-refractivity contribution is 6.30. The number of aliphatic imine (C=N–C) groups is 1. The monoisotopic (exact) mass is 251 g/mol. The van der Waals surface area contributed by atoms with Gasteiger partial charge in [-0.1, -0.05) is 56.8 Å². The van der Waals surface area contributed by atoms with Crippen LogP contribution in [0.2, 0.25) is 5.02 Å². The minimum atomic E-state index is 0.735. The van der Waals surface area contributed by atoms with Crippen LogP contribution in [0.5, 0.6) is 0 Å². The van der Waals surface area contributed by atoms with Crippen LogP contribution in [-0.4, -0.2) is 12.8 Å². The molecule has 0 fully saturated rings. The molecule has 94 valence electrons. The van der Waals surface area contributed by atoms with Gasteiger partial charge >= 0.3 is 0 Å². The van der Waals surface area contributed by atoms with Crippen LogP contribution in [0.15, 0.2) is 29.3 Å². The van der Waals surface area contributed by atoms with Gasteiger partial charge in [0.2, 0.25) is 0 Å². The van der Waals surface area contributed by atoms with Crippen LogP contribution in [0.3, 0.4) is 0 Å². The summed E-state index contributed by atoms with van der Waals surface area (Å²) in [5.74, 6) is 0.735. The normalized spacial score (nSPS) is 13.1. The molecule has 0 aromatic heterocycles. The Morgan fingerprint density at radius 1 is 1.24 bits per heavy atom. The van der Waals surface area contributed by atoms with Gasteiger partial charge in [-0.2, -0.15) is 0 Å². The first kappa shape index (κ1) is 14.2. The number of hydrogen-bond donors (Lipinski definition) is 0. The summed E-state index contributed by atoms with van der Waals surface area (Å²) in [6.07, 6.45) is 7.06. The van der Waals surface area contributed by atoms with E-state index in [4.69, 9.17) is 11.6 Å². The molecule has 0 amide bonds. The van der Waals surface area contributed by atoms with E-state index in [-0.39, 0.29) is 0 Å². The number of unbranched alkanes of at least 4 members (excludes halogenated alkanes) is 1. The number of halogens is 1. The molecule has 1 aromatic rings. The Labute approximate surface area is 110 Å². The SMILES string of the molecule is CCCCC(CC)CN=Cc1ccc(Cl)cc1. The smallest absolute Gasteiger partial charge is 0.0417 e. The van der Waals surface area contributed by atoms with Crippen molar-refractivity contribution in [2.45, 2.75) is 39.5 Å². The topological polar surface area (TPSA) is 12.4 Å². The van der Waals surface area contributed by atoms with Gasteiger partial charge in [-0.15, -0.1) is 0 Å². The highest BCUT2D eigenvalue weighted by Gasteiger charge is 2.03. The van der Waals surface area contributed by atoms with Crippen molar-refractivity contribution < 1.29 is 0 Å². The Balaban J connectivity index is 2.39. The van der Waals surface area contributed by atoms with Crippen molar-refractivity contribution >= 4 is 17.8 Å². The molecule has 0 N–H and O–H groups in total. The fraction of sp³-hybridized carbons (Fsp3) is 0.533. The molecule has 1 atom stereocenters. The molecule has 0 aliphatic rings. The van der Waals surface area contributed by atoms with Gasteiger partial charge in [0.05, 0.1) is 0 Å². The average Bonchev–Trinajstić information content (AvgIpc) is 2.36. The minimum Gasteiger partial charge on any atom is -0.292 e. The molecular weight excluding hydrogens is 230 g/mol. The molecule has 0 spiro atoms. The van der Waals surface area contributed by atoms with Crippen LogP contribution in [0, 0.1) is 5.92 Å². The van der Waals surface area contributed by atoms with E-state index < -0.39 is 0 Å². The lowest BCUT2D eigenvalue weighted by Gasteiger charge is -2.10. The molecule has 0 saturated carbocycles. The number of benzene rings is 1. The van der Waals surface area contributed by atoms with Gasteiger partial charge in [0.15, 0.2) is 0 Å². The number of nitrogens with zero attached hydrogens (tertiary/aromatic N) is 1. The molecule has 1 unspecified atom stereocenters. The van der Waals surface area contributed by atoms with Crippen LogP contribution in [0.25, 0.3) is 0 Å². The molecular formula is C15H22ClN. The third-order valence-electron chi connectivity index (χ3n) is 3.02. The minimum absolute atomic E-state index is 0.735. The van der Waals surface area contributed by atoms with Gasteiger partial charge in [-0.3, -0.25) is 4.99 Å². The van der Waals surface area contributed by atoms with Crippen LogP contribution < -0.4 is 0 Å². The summed E-state index contributed by atoms with van der Waals surface area (Å²) in [6.45, 7) is 5.43. The van der Waals surface area contributed by atoms with Gasteiger partial charge in [-0.25, -0.2) is 0 Å². The molecule has 0 aliphatic carbocycles. The molecule has 1 rings (SSSR count). The second-order valence-electron chi connectivity index (χ2n) is 4.46. The van der Waals surface area contributed by atoms with Crippen molar-refractivity contribution in [3.05, 3.63) is 34.9 Å². The van der Waals surface area contributed by atoms with Crippen molar-refractivity contribution in [2.75, 3.05) is 6.54 Å². The maximum Gasteiger partial charge on any atom is 0.0417 e. The number of hydrogen-bond acceptors (Lipinski definition) is 1. The van der Waals surface area contributed by atoms with E-state index in [9.17, 15) is 0 Å². The third-order valence-corrected chi connectivity index (χ3v) is 3.27. The standard InChI is InChI=1S/C15H22ClN/c1-3-5-6-13(4-2)11-17-12-14-7-9-15(16)10-8-14/h7-10,12-13H,3-6,11H2,1-2H3. The average molecular weight is 252 g/mol. The van der Waals surface area contributed by atoms with Crippen molar-refractivity contribution in [3.8, 4) is 0 Å². The fourth-order valence-corrected chi connectivity index (χ4v) is 1.90. The highest BCUT2D eigenvalue weighted by Crippen LogP contribution is 2.13. The maximum atomic E-state index is 5.83. The quantitative estimate of drug-likeness (QED) is 0.607. The van der Waals surface area contributed by atoms with Crippen molar-refractivity contribution in [2.24, 2.45) is 10.9 Å². The largest absolute Gasteiger partial charge is 0.292 e. The summed E-state index contributed by atoms with van der Waals surface area (Å²) in [6, 6.07) is 7.80. The van der Waals surface area contributed by atoms with E-state index in [2.05, 4.69) is 18.8 Å². The zero-order valence-corrected chi connectivity index (χ0v) is 11.6. The van der Waals surface area contributed by atoms with E-state index in [1.54, 1.807) is 0 Å². The van der Waals surface area contributed by atoms with Crippen LogP contribution >= 0.6 is 11.6 Å². The van der Waals surface area contributed by atoms with Crippen LogP contribution in [-0.2, 0) is 0 Å². The zero-order chi connectivity index (χ0) is 12.5. The molecule has 0 heterocycles. The molecule has 0 bridgehead atoms. The molecule has 0 radical (unpaired) electrons. The van der Waals surface area contributed by atoms with E-state index in [1.807, 2.05) is 30.5 Å². The molecule has 1 nitrogen and oxygen atoms in total. The summed E-state index contributed by atoms with van der Waals surface area (Å²) < 4.78 is 0. The Bertz CT molecular complexity index is 329. The summed E-state index contributed by atoms with van der Waals surface area (Å²) in [5, 5.41) is 0.775.